The number of nitrogens with zero attached hydrogens (tertiary/aromatic N) is 2. The number of pyridine rings is 2. The third-order valence-corrected chi connectivity index (χ3v) is 6.89. The van der Waals surface area contributed by atoms with Gasteiger partial charge in [-0.15, -0.1) is 0 Å². The number of nitrogens with one attached hydrogen (secondary N) is 1. The first-order valence-electron chi connectivity index (χ1n) is 13.3. The third-order valence-electron chi connectivity index (χ3n) is 6.89. The van der Waals surface area contributed by atoms with Gasteiger partial charge in [-0.3, -0.25) is 9.59 Å². The van der Waals surface area contributed by atoms with Crippen LogP contribution >= 0.6 is 0 Å². The van der Waals surface area contributed by atoms with Gasteiger partial charge in [0.2, 0.25) is 11.4 Å². The zero-order valence-electron chi connectivity index (χ0n) is 22.2. The Morgan fingerprint density at radius 1 is 0.463 bits per heavy atom. The van der Waals surface area contributed by atoms with Crippen LogP contribution in [0.3, 0.4) is 0 Å². The number of rotatable bonds is 7. The normalized spacial score (nSPS) is 10.6. The first-order chi connectivity index (χ1) is 20.1. The van der Waals surface area contributed by atoms with Crippen LogP contribution in [-0.2, 0) is 0 Å². The highest BCUT2D eigenvalue weighted by molar-refractivity contribution is 6.09. The average Bonchev–Trinajstić information content (AvgIpc) is 3.05. The molecule has 6 aromatic rings. The fraction of sp³-hybridized carbons (Fsp3) is 0. The van der Waals surface area contributed by atoms with Crippen LogP contribution in [0.15, 0.2) is 158 Å². The summed E-state index contributed by atoms with van der Waals surface area (Å²) in [7, 11) is 0. The van der Waals surface area contributed by atoms with Crippen molar-refractivity contribution in [1.29, 1.82) is 0 Å². The van der Waals surface area contributed by atoms with E-state index in [1.165, 1.54) is 0 Å². The van der Waals surface area contributed by atoms with Crippen LogP contribution in [0.1, 0.15) is 26.3 Å². The summed E-state index contributed by atoms with van der Waals surface area (Å²) >= 11 is 0. The first-order valence-corrected chi connectivity index (χ1v) is 13.3. The third kappa shape index (κ3) is 5.84. The second-order valence-electron chi connectivity index (χ2n) is 9.60. The maximum absolute atomic E-state index is 12.7. The number of carbonyl (C=O) groups is 2. The second-order valence-corrected chi connectivity index (χ2v) is 9.60. The first kappa shape index (κ1) is 25.6. The fourth-order valence-electron chi connectivity index (χ4n) is 4.66. The van der Waals surface area contributed by atoms with Crippen LogP contribution in [0.5, 0.6) is 0 Å². The molecule has 5 nitrogen and oxygen atoms in total. The van der Waals surface area contributed by atoms with Gasteiger partial charge in [0.15, 0.2) is 30.6 Å². The molecule has 0 atom stereocenters. The standard InChI is InChI=1S/C36H26N3O2/c40-35(29-8-3-1-4-9-29)30-14-16-33(17-15-30)38-22-18-27(19-23-38)28-20-24-39(25-21-28)34-13-7-12-32(26-34)37-36(41)31-10-5-2-6-11-31/h1-26H/q+1/p+1. The molecule has 2 aromatic heterocycles. The molecular weight excluding hydrogens is 506 g/mol. The largest absolute Gasteiger partial charge is 0.322 e. The van der Waals surface area contributed by atoms with Gasteiger partial charge in [0, 0.05) is 70.9 Å². The Hall–Kier alpha value is -5.68. The minimum atomic E-state index is -0.138. The molecule has 4 aromatic carbocycles. The molecule has 196 valence electrons. The molecular formula is C36H27N3O2+2. The van der Waals surface area contributed by atoms with Crippen molar-refractivity contribution in [3.63, 3.8) is 0 Å². The molecule has 1 amide bonds. The number of aromatic nitrogens is 2. The van der Waals surface area contributed by atoms with Crippen molar-refractivity contribution in [1.82, 2.24) is 0 Å². The Labute approximate surface area is 238 Å². The number of ketones is 1. The van der Waals surface area contributed by atoms with E-state index in [4.69, 9.17) is 0 Å². The number of amides is 1. The van der Waals surface area contributed by atoms with Gasteiger partial charge < -0.3 is 5.32 Å². The smallest absolute Gasteiger partial charge is 0.255 e. The van der Waals surface area contributed by atoms with E-state index >= 15 is 0 Å². The van der Waals surface area contributed by atoms with Gasteiger partial charge in [0.1, 0.15) is 0 Å². The summed E-state index contributed by atoms with van der Waals surface area (Å²) in [5.41, 5.74) is 6.81. The molecule has 0 spiro atoms. The molecule has 1 N–H and O–H groups in total. The number of carbonyl (C=O) groups excluding carboxylic acids is 2. The summed E-state index contributed by atoms with van der Waals surface area (Å²) in [4.78, 5) is 25.2. The Morgan fingerprint density at radius 3 is 1.56 bits per heavy atom. The topological polar surface area (TPSA) is 53.9 Å². The summed E-state index contributed by atoms with van der Waals surface area (Å²) in [6.07, 6.45) is 8.06. The van der Waals surface area contributed by atoms with Crippen LogP contribution in [0.4, 0.5) is 5.69 Å². The summed E-state index contributed by atoms with van der Waals surface area (Å²) in [6.45, 7) is 0. The Bertz CT molecular complexity index is 1800. The fourth-order valence-corrected chi connectivity index (χ4v) is 4.66. The molecule has 0 saturated carbocycles. The molecule has 2 heterocycles. The van der Waals surface area contributed by atoms with Crippen LogP contribution in [-0.4, -0.2) is 11.7 Å². The number of hydrogen-bond acceptors (Lipinski definition) is 2. The van der Waals surface area contributed by atoms with Crippen LogP contribution < -0.4 is 14.5 Å². The lowest BCUT2D eigenvalue weighted by Gasteiger charge is -2.06. The molecule has 5 heteroatoms. The quantitative estimate of drug-likeness (QED) is 0.191. The van der Waals surface area contributed by atoms with Gasteiger partial charge in [-0.25, -0.2) is 0 Å². The highest BCUT2D eigenvalue weighted by atomic mass is 16.1. The zero-order valence-corrected chi connectivity index (χ0v) is 22.2. The van der Waals surface area contributed by atoms with Crippen molar-refractivity contribution >= 4 is 17.4 Å². The minimum absolute atomic E-state index is 0.0162. The van der Waals surface area contributed by atoms with E-state index in [-0.39, 0.29) is 11.7 Å². The van der Waals surface area contributed by atoms with Gasteiger partial charge in [0.05, 0.1) is 0 Å². The summed E-state index contributed by atoms with van der Waals surface area (Å²) in [5.74, 6) is -0.122. The molecule has 41 heavy (non-hydrogen) atoms. The molecule has 6 rings (SSSR count). The van der Waals surface area contributed by atoms with Crippen LogP contribution in [0.2, 0.25) is 0 Å². The van der Waals surface area contributed by atoms with E-state index in [1.54, 1.807) is 12.1 Å². The van der Waals surface area contributed by atoms with E-state index in [0.717, 1.165) is 28.2 Å². The van der Waals surface area contributed by atoms with Crippen molar-refractivity contribution in [2.24, 2.45) is 0 Å². The minimum Gasteiger partial charge on any atom is -0.322 e. The molecule has 0 bridgehead atoms. The monoisotopic (exact) mass is 533 g/mol. The highest BCUT2D eigenvalue weighted by Gasteiger charge is 2.13. The van der Waals surface area contributed by atoms with Gasteiger partial charge >= 0.3 is 0 Å². The molecule has 0 aliphatic rings. The van der Waals surface area contributed by atoms with Crippen molar-refractivity contribution in [2.45, 2.75) is 0 Å². The molecule has 0 saturated heterocycles. The van der Waals surface area contributed by atoms with Gasteiger partial charge in [-0.05, 0) is 41.5 Å². The van der Waals surface area contributed by atoms with Crippen LogP contribution in [0, 0.1) is 0 Å². The molecule has 0 unspecified atom stereocenters. The van der Waals surface area contributed by atoms with Crippen molar-refractivity contribution in [2.75, 3.05) is 5.32 Å². The predicted molar refractivity (Wildman–Crippen MR) is 159 cm³/mol. The highest BCUT2D eigenvalue weighted by Crippen LogP contribution is 2.18. The Balaban J connectivity index is 1.14. The van der Waals surface area contributed by atoms with Crippen molar-refractivity contribution in [3.05, 3.63) is 175 Å². The SMILES string of the molecule is O=C(Nc1cccc(-[n+]2ccc(-c3cc[n+](-c4ccc(C(=O)c5ccccc5)cc4)cc3)cc2)c1)c1ccccc1. The molecule has 0 radical (unpaired) electrons. The Kier molecular flexibility index (Phi) is 7.24. The molecule has 0 fully saturated rings. The van der Waals surface area contributed by atoms with Crippen molar-refractivity contribution in [3.8, 4) is 22.5 Å². The van der Waals surface area contributed by atoms with E-state index in [0.29, 0.717) is 16.7 Å². The number of hydrogen-bond donors (Lipinski definition) is 1. The lowest BCUT2D eigenvalue weighted by Crippen LogP contribution is -2.30. The van der Waals surface area contributed by atoms with Crippen LogP contribution in [0.25, 0.3) is 22.5 Å². The van der Waals surface area contributed by atoms with Crippen molar-refractivity contribution < 1.29 is 18.7 Å². The van der Waals surface area contributed by atoms with Gasteiger partial charge in [-0.1, -0.05) is 54.6 Å². The maximum Gasteiger partial charge on any atom is 0.255 e. The molecule has 0 aliphatic carbocycles. The second kappa shape index (κ2) is 11.6. The predicted octanol–water partition coefficient (Wildman–Crippen LogP) is 6.39. The maximum atomic E-state index is 12.7. The van der Waals surface area contributed by atoms with E-state index in [2.05, 4.69) is 29.6 Å². The Morgan fingerprint density at radius 2 is 0.976 bits per heavy atom. The van der Waals surface area contributed by atoms with Gasteiger partial charge in [0.25, 0.3) is 5.91 Å². The van der Waals surface area contributed by atoms with Gasteiger partial charge in [-0.2, -0.15) is 9.13 Å². The summed E-state index contributed by atoms with van der Waals surface area (Å²) in [5, 5.41) is 2.97. The van der Waals surface area contributed by atoms with E-state index < -0.39 is 0 Å². The number of benzene rings is 4. The summed E-state index contributed by atoms with van der Waals surface area (Å²) < 4.78 is 4.04. The lowest BCUT2D eigenvalue weighted by molar-refractivity contribution is -0.596. The van der Waals surface area contributed by atoms with E-state index in [9.17, 15) is 9.59 Å². The molecule has 0 aliphatic heterocycles. The zero-order chi connectivity index (χ0) is 28.0. The number of anilines is 1. The van der Waals surface area contributed by atoms with E-state index in [1.807, 2.05) is 131 Å². The summed E-state index contributed by atoms with van der Waals surface area (Å²) in [6, 6.07) is 42.2. The lowest BCUT2D eigenvalue weighted by atomic mass is 10.0. The average molecular weight is 534 g/mol.